The van der Waals surface area contributed by atoms with E-state index in [1.165, 1.54) is 19.2 Å². The summed E-state index contributed by atoms with van der Waals surface area (Å²) in [6, 6.07) is 6.36. The Hall–Kier alpha value is -1.46. The van der Waals surface area contributed by atoms with Crippen LogP contribution in [0.3, 0.4) is 0 Å². The number of halogens is 1. The molecule has 1 saturated heterocycles. The molecule has 1 aliphatic rings. The van der Waals surface area contributed by atoms with Crippen molar-refractivity contribution < 1.29 is 13.9 Å². The van der Waals surface area contributed by atoms with E-state index in [0.717, 1.165) is 12.0 Å². The minimum atomic E-state index is -0.248. The Balaban J connectivity index is 2.03. The second kappa shape index (κ2) is 6.12. The molecule has 104 valence electrons. The van der Waals surface area contributed by atoms with E-state index in [4.69, 9.17) is 10.5 Å². The summed E-state index contributed by atoms with van der Waals surface area (Å²) in [6.45, 7) is 1.21. The van der Waals surface area contributed by atoms with E-state index in [9.17, 15) is 9.18 Å². The molecule has 0 spiro atoms. The highest BCUT2D eigenvalue weighted by atomic mass is 19.1. The van der Waals surface area contributed by atoms with E-state index in [1.807, 2.05) is 6.07 Å². The highest BCUT2D eigenvalue weighted by Gasteiger charge is 2.30. The molecule has 4 nitrogen and oxygen atoms in total. The standard InChI is InChI=1S/C14H19FN2O2/c1-19-9-14(18)17-6-5-12(13(16)8-17)10-3-2-4-11(15)7-10/h2-4,7,12-13H,5-6,8-9,16H2,1H3. The summed E-state index contributed by atoms with van der Waals surface area (Å²) >= 11 is 0. The van der Waals surface area contributed by atoms with Gasteiger partial charge in [0.1, 0.15) is 12.4 Å². The summed E-state index contributed by atoms with van der Waals surface area (Å²) in [4.78, 5) is 13.4. The van der Waals surface area contributed by atoms with Crippen molar-refractivity contribution in [2.24, 2.45) is 5.73 Å². The summed E-state index contributed by atoms with van der Waals surface area (Å²) < 4.78 is 18.1. The number of nitrogens with two attached hydrogens (primary N) is 1. The largest absolute Gasteiger partial charge is 0.375 e. The van der Waals surface area contributed by atoms with Crippen LogP contribution in [0.5, 0.6) is 0 Å². The van der Waals surface area contributed by atoms with Crippen molar-refractivity contribution >= 4 is 5.91 Å². The molecule has 19 heavy (non-hydrogen) atoms. The van der Waals surface area contributed by atoms with E-state index in [2.05, 4.69) is 0 Å². The van der Waals surface area contributed by atoms with Crippen LogP contribution in [0.4, 0.5) is 4.39 Å². The summed E-state index contributed by atoms with van der Waals surface area (Å²) in [6.07, 6.45) is 0.750. The molecule has 2 rings (SSSR count). The first-order valence-corrected chi connectivity index (χ1v) is 6.39. The molecular formula is C14H19FN2O2. The molecule has 1 heterocycles. The first-order valence-electron chi connectivity index (χ1n) is 6.39. The molecule has 2 N–H and O–H groups in total. The molecule has 0 aliphatic carbocycles. The van der Waals surface area contributed by atoms with Crippen LogP contribution in [0.1, 0.15) is 17.9 Å². The zero-order valence-corrected chi connectivity index (χ0v) is 11.0. The van der Waals surface area contributed by atoms with Crippen molar-refractivity contribution in [2.45, 2.75) is 18.4 Å². The average molecular weight is 266 g/mol. The van der Waals surface area contributed by atoms with Gasteiger partial charge in [-0.25, -0.2) is 4.39 Å². The van der Waals surface area contributed by atoms with Gasteiger partial charge >= 0.3 is 0 Å². The number of hydrogen-bond donors (Lipinski definition) is 1. The number of likely N-dealkylation sites (tertiary alicyclic amines) is 1. The minimum absolute atomic E-state index is 0.0457. The first-order chi connectivity index (χ1) is 9.11. The highest BCUT2D eigenvalue weighted by molar-refractivity contribution is 5.77. The van der Waals surface area contributed by atoms with Crippen LogP contribution >= 0.6 is 0 Å². The van der Waals surface area contributed by atoms with Crippen LogP contribution in [0.2, 0.25) is 0 Å². The third kappa shape index (κ3) is 3.30. The topological polar surface area (TPSA) is 55.6 Å². The number of carbonyl (C=O) groups is 1. The maximum atomic E-state index is 13.2. The molecule has 5 heteroatoms. The Kier molecular flexibility index (Phi) is 4.50. The Morgan fingerprint density at radius 1 is 1.58 bits per heavy atom. The van der Waals surface area contributed by atoms with E-state index in [-0.39, 0.29) is 30.3 Å². The number of carbonyl (C=O) groups excluding carboxylic acids is 1. The van der Waals surface area contributed by atoms with Crippen LogP contribution in [0.25, 0.3) is 0 Å². The van der Waals surface area contributed by atoms with E-state index in [0.29, 0.717) is 13.1 Å². The van der Waals surface area contributed by atoms with Crippen molar-refractivity contribution in [3.8, 4) is 0 Å². The lowest BCUT2D eigenvalue weighted by Gasteiger charge is -2.37. The molecule has 0 saturated carbocycles. The number of nitrogens with zero attached hydrogens (tertiary/aromatic N) is 1. The lowest BCUT2D eigenvalue weighted by atomic mass is 9.86. The van der Waals surface area contributed by atoms with Gasteiger partial charge in [0.05, 0.1) is 0 Å². The van der Waals surface area contributed by atoms with Gasteiger partial charge in [0.15, 0.2) is 0 Å². The highest BCUT2D eigenvalue weighted by Crippen LogP contribution is 2.27. The van der Waals surface area contributed by atoms with Gasteiger partial charge in [0.25, 0.3) is 0 Å². The molecule has 0 aromatic heterocycles. The maximum absolute atomic E-state index is 13.2. The fourth-order valence-corrected chi connectivity index (χ4v) is 2.57. The first kappa shape index (κ1) is 14.0. The summed E-state index contributed by atoms with van der Waals surface area (Å²) in [5, 5.41) is 0. The third-order valence-corrected chi connectivity index (χ3v) is 3.56. The predicted octanol–water partition coefficient (Wildman–Crippen LogP) is 1.12. The number of hydrogen-bond acceptors (Lipinski definition) is 3. The zero-order valence-electron chi connectivity index (χ0n) is 11.0. The monoisotopic (exact) mass is 266 g/mol. The molecule has 0 bridgehead atoms. The molecule has 1 amide bonds. The van der Waals surface area contributed by atoms with Crippen molar-refractivity contribution in [3.05, 3.63) is 35.6 Å². The second-order valence-corrected chi connectivity index (χ2v) is 4.89. The predicted molar refractivity (Wildman–Crippen MR) is 70.2 cm³/mol. The van der Waals surface area contributed by atoms with Gasteiger partial charge in [-0.15, -0.1) is 0 Å². The molecule has 2 unspecified atom stereocenters. The van der Waals surface area contributed by atoms with Crippen molar-refractivity contribution in [2.75, 3.05) is 26.8 Å². The Morgan fingerprint density at radius 2 is 2.37 bits per heavy atom. The smallest absolute Gasteiger partial charge is 0.248 e. The summed E-state index contributed by atoms with van der Waals surface area (Å²) in [7, 11) is 1.50. The quantitative estimate of drug-likeness (QED) is 0.892. The average Bonchev–Trinajstić information content (AvgIpc) is 2.38. The molecule has 1 aliphatic heterocycles. The van der Waals surface area contributed by atoms with Crippen molar-refractivity contribution in [1.29, 1.82) is 0 Å². The number of piperidine rings is 1. The maximum Gasteiger partial charge on any atom is 0.248 e. The van der Waals surface area contributed by atoms with E-state index < -0.39 is 0 Å². The number of ether oxygens (including phenoxy) is 1. The molecular weight excluding hydrogens is 247 g/mol. The lowest BCUT2D eigenvalue weighted by Crippen LogP contribution is -2.50. The van der Waals surface area contributed by atoms with Crippen molar-refractivity contribution in [1.82, 2.24) is 4.90 Å². The number of methoxy groups -OCH3 is 1. The summed E-state index contributed by atoms with van der Waals surface area (Å²) in [5.41, 5.74) is 7.04. The van der Waals surface area contributed by atoms with Crippen LogP contribution in [-0.4, -0.2) is 43.7 Å². The van der Waals surface area contributed by atoms with Gasteiger partial charge in [-0.2, -0.15) is 0 Å². The van der Waals surface area contributed by atoms with Gasteiger partial charge in [0, 0.05) is 32.2 Å². The van der Waals surface area contributed by atoms with E-state index in [1.54, 1.807) is 11.0 Å². The molecule has 1 aromatic carbocycles. The Morgan fingerprint density at radius 3 is 3.00 bits per heavy atom. The lowest BCUT2D eigenvalue weighted by molar-refractivity contribution is -0.136. The molecule has 0 radical (unpaired) electrons. The second-order valence-electron chi connectivity index (χ2n) is 4.89. The van der Waals surface area contributed by atoms with Gasteiger partial charge < -0.3 is 15.4 Å². The van der Waals surface area contributed by atoms with Gasteiger partial charge in [-0.3, -0.25) is 4.79 Å². The molecule has 2 atom stereocenters. The SMILES string of the molecule is COCC(=O)N1CCC(c2cccc(F)c2)C(N)C1. The Bertz CT molecular complexity index is 453. The number of benzene rings is 1. The Labute approximate surface area is 112 Å². The zero-order chi connectivity index (χ0) is 13.8. The third-order valence-electron chi connectivity index (χ3n) is 3.56. The number of amides is 1. The van der Waals surface area contributed by atoms with Gasteiger partial charge in [0.2, 0.25) is 5.91 Å². The molecule has 1 aromatic rings. The summed E-state index contributed by atoms with van der Waals surface area (Å²) in [5.74, 6) is -0.194. The van der Waals surface area contributed by atoms with Crippen LogP contribution in [-0.2, 0) is 9.53 Å². The van der Waals surface area contributed by atoms with Crippen LogP contribution in [0.15, 0.2) is 24.3 Å². The number of rotatable bonds is 3. The van der Waals surface area contributed by atoms with Crippen LogP contribution < -0.4 is 5.73 Å². The van der Waals surface area contributed by atoms with Gasteiger partial charge in [-0.1, -0.05) is 12.1 Å². The molecule has 1 fully saturated rings. The minimum Gasteiger partial charge on any atom is -0.375 e. The normalized spacial score (nSPS) is 23.4. The van der Waals surface area contributed by atoms with Gasteiger partial charge in [-0.05, 0) is 24.1 Å². The van der Waals surface area contributed by atoms with Crippen molar-refractivity contribution in [3.63, 3.8) is 0 Å². The fraction of sp³-hybridized carbons (Fsp3) is 0.500. The van der Waals surface area contributed by atoms with Crippen LogP contribution in [0, 0.1) is 5.82 Å². The fourth-order valence-electron chi connectivity index (χ4n) is 2.57. The van der Waals surface area contributed by atoms with E-state index >= 15 is 0 Å².